The van der Waals surface area contributed by atoms with Crippen LogP contribution in [0.4, 0.5) is 0 Å². The molecule has 0 radical (unpaired) electrons. The van der Waals surface area contributed by atoms with Crippen LogP contribution in [0.25, 0.3) is 0 Å². The normalized spacial score (nSPS) is 19.8. The molecule has 0 spiro atoms. The first kappa shape index (κ1) is 70.9. The number of ketones is 3. The van der Waals surface area contributed by atoms with Gasteiger partial charge in [-0.25, -0.2) is 0 Å². The molecule has 0 N–H and O–H groups in total. The summed E-state index contributed by atoms with van der Waals surface area (Å²) in [6.45, 7) is 43.9. The molecule has 3 heteroatoms. The average Bonchev–Trinajstić information content (AvgIpc) is 3.44. The Morgan fingerprint density at radius 3 is 1.12 bits per heavy atom. The lowest BCUT2D eigenvalue weighted by Crippen LogP contribution is -2.24. The minimum absolute atomic E-state index is 0.0373. The second kappa shape index (κ2) is 35.7. The number of hydrogen-bond donors (Lipinski definition) is 0. The molecule has 448 valence electrons. The van der Waals surface area contributed by atoms with Crippen LogP contribution in [0.1, 0.15) is 246 Å². The zero-order valence-corrected chi connectivity index (χ0v) is 55.0. The minimum atomic E-state index is -0.424. The molecule has 3 rings (SSSR count). The molecule has 0 saturated heterocycles. The molecule has 0 bridgehead atoms. The molecular weight excluding hydrogens is 997 g/mol. The third-order valence-corrected chi connectivity index (χ3v) is 17.6. The summed E-state index contributed by atoms with van der Waals surface area (Å²) in [5.41, 5.74) is 18.5. The van der Waals surface area contributed by atoms with Crippen molar-refractivity contribution in [3.05, 3.63) is 201 Å². The van der Waals surface area contributed by atoms with E-state index in [1.165, 1.54) is 108 Å². The number of rotatable bonds is 33. The van der Waals surface area contributed by atoms with E-state index in [0.717, 1.165) is 79.2 Å². The van der Waals surface area contributed by atoms with Gasteiger partial charge in [0.2, 0.25) is 0 Å². The molecule has 3 aliphatic carbocycles. The Morgan fingerprint density at radius 2 is 0.780 bits per heavy atom. The summed E-state index contributed by atoms with van der Waals surface area (Å²) in [5, 5.41) is 0. The summed E-state index contributed by atoms with van der Waals surface area (Å²) in [7, 11) is 0. The SMILES string of the molecule is C=C(/C=C(C)/C=C/C=C(C)/C=C/C1=C(C)CCCC1(C)C)CCCCCC(CC(=O)C(CCCCCC(=C)/C=C(C)/C=C/C=C(C)/C=C/C1=C(C)CCCC1(C)C)CC(=O)/C=C(C)/C=C/C=C(C)/C=C/C1=C(C)CCCC1(C)C)C(C)=O. The van der Waals surface area contributed by atoms with Crippen LogP contribution in [-0.4, -0.2) is 17.3 Å². The van der Waals surface area contributed by atoms with Crippen LogP contribution in [0.5, 0.6) is 0 Å². The smallest absolute Gasteiger partial charge is 0.156 e. The van der Waals surface area contributed by atoms with E-state index < -0.39 is 5.92 Å². The molecule has 82 heavy (non-hydrogen) atoms. The van der Waals surface area contributed by atoms with Crippen molar-refractivity contribution < 1.29 is 14.4 Å². The Morgan fingerprint density at radius 1 is 0.439 bits per heavy atom. The Bertz CT molecular complexity index is 2710. The third kappa shape index (κ3) is 26.9. The van der Waals surface area contributed by atoms with Crippen molar-refractivity contribution in [1.29, 1.82) is 0 Å². The molecule has 0 aromatic rings. The quantitative estimate of drug-likeness (QED) is 0.0374. The van der Waals surface area contributed by atoms with Crippen molar-refractivity contribution in [2.75, 3.05) is 0 Å². The van der Waals surface area contributed by atoms with Crippen LogP contribution < -0.4 is 0 Å². The van der Waals surface area contributed by atoms with Gasteiger partial charge in [0.1, 0.15) is 11.6 Å². The van der Waals surface area contributed by atoms with E-state index in [-0.39, 0.29) is 52.4 Å². The molecule has 0 aromatic carbocycles. The van der Waals surface area contributed by atoms with E-state index >= 15 is 0 Å². The van der Waals surface area contributed by atoms with Crippen molar-refractivity contribution in [2.45, 2.75) is 246 Å². The number of unbranched alkanes of at least 4 members (excludes halogenated alkanes) is 4. The molecule has 3 aliphatic rings. The summed E-state index contributed by atoms with van der Waals surface area (Å²) in [6.07, 6.45) is 58.5. The summed E-state index contributed by atoms with van der Waals surface area (Å²) >= 11 is 0. The van der Waals surface area contributed by atoms with Crippen molar-refractivity contribution in [3.63, 3.8) is 0 Å². The Hall–Kier alpha value is -5.41. The van der Waals surface area contributed by atoms with Crippen molar-refractivity contribution in [3.8, 4) is 0 Å². The standard InChI is InChI=1S/C79H114O3/c1-58(44-47-73-66(9)39-28-50-77(73,13)14)33-25-36-63(6)53-61(4)31-21-19-23-42-70(69(12)80)57-76(82)71(56-72(81)55-65(8)38-27-35-60(3)46-49-75-68(11)41-30-52-79(75,17)18)43-24-20-22-32-62(5)54-64(7)37-26-34-59(2)45-48-74-67(10)40-29-51-78(74,15)16/h25-27,33-38,44-49,53-55,70-71H,4-5,19-24,28-32,39-43,50-52,56-57H2,1-3,6-18H3/b36-25+,37-26+,38-27+,47-44+,48-45+,49-46+,58-33+,59-34+,60-35+,63-53+,64-54+,65-55+. The number of allylic oxidation sites excluding steroid dienone is 32. The van der Waals surface area contributed by atoms with Gasteiger partial charge < -0.3 is 0 Å². The highest BCUT2D eigenvalue weighted by molar-refractivity contribution is 5.95. The second-order valence-corrected chi connectivity index (χ2v) is 27.1. The highest BCUT2D eigenvalue weighted by Crippen LogP contribution is 2.43. The van der Waals surface area contributed by atoms with E-state index in [2.05, 4.69) is 201 Å². The lowest BCUT2D eigenvalue weighted by Gasteiger charge is -2.33. The van der Waals surface area contributed by atoms with Gasteiger partial charge in [0.25, 0.3) is 0 Å². The Kier molecular flexibility index (Phi) is 30.8. The van der Waals surface area contributed by atoms with Gasteiger partial charge in [-0.05, 0) is 210 Å². The van der Waals surface area contributed by atoms with Gasteiger partial charge in [-0.2, -0.15) is 0 Å². The highest BCUT2D eigenvalue weighted by atomic mass is 16.1. The first-order valence-corrected chi connectivity index (χ1v) is 31.8. The van der Waals surface area contributed by atoms with E-state index in [9.17, 15) is 14.4 Å². The summed E-state index contributed by atoms with van der Waals surface area (Å²) < 4.78 is 0. The number of carbonyl (C=O) groups is 3. The fourth-order valence-corrected chi connectivity index (χ4v) is 12.5. The second-order valence-electron chi connectivity index (χ2n) is 27.1. The van der Waals surface area contributed by atoms with Gasteiger partial charge in [-0.1, -0.05) is 239 Å². The first-order chi connectivity index (χ1) is 38.6. The molecule has 0 amide bonds. The average molecular weight is 1110 g/mol. The molecule has 2 unspecified atom stereocenters. The van der Waals surface area contributed by atoms with Crippen molar-refractivity contribution in [1.82, 2.24) is 0 Å². The van der Waals surface area contributed by atoms with Gasteiger partial charge in [0.15, 0.2) is 5.78 Å². The minimum Gasteiger partial charge on any atom is -0.300 e. The molecule has 3 nitrogen and oxygen atoms in total. The molecule has 0 saturated carbocycles. The lowest BCUT2D eigenvalue weighted by molar-refractivity contribution is -0.130. The van der Waals surface area contributed by atoms with Crippen LogP contribution in [0, 0.1) is 28.1 Å². The van der Waals surface area contributed by atoms with Crippen molar-refractivity contribution in [2.24, 2.45) is 28.1 Å². The first-order valence-electron chi connectivity index (χ1n) is 31.8. The predicted molar refractivity (Wildman–Crippen MR) is 360 cm³/mol. The third-order valence-electron chi connectivity index (χ3n) is 17.6. The molecule has 2 atom stereocenters. The van der Waals surface area contributed by atoms with E-state index in [4.69, 9.17) is 0 Å². The van der Waals surface area contributed by atoms with Crippen molar-refractivity contribution >= 4 is 17.3 Å². The van der Waals surface area contributed by atoms with Crippen LogP contribution in [0.2, 0.25) is 0 Å². The summed E-state index contributed by atoms with van der Waals surface area (Å²) in [4.78, 5) is 41.0. The monoisotopic (exact) mass is 1110 g/mol. The zero-order valence-electron chi connectivity index (χ0n) is 55.0. The van der Waals surface area contributed by atoms with Gasteiger partial charge in [0, 0.05) is 24.7 Å². The Labute approximate surface area is 503 Å². The number of hydrogen-bond acceptors (Lipinski definition) is 3. The maximum Gasteiger partial charge on any atom is 0.156 e. The zero-order chi connectivity index (χ0) is 61.0. The van der Waals surface area contributed by atoms with E-state index in [1.807, 2.05) is 19.1 Å². The predicted octanol–water partition coefficient (Wildman–Crippen LogP) is 23.3. The molecule has 0 aromatic heterocycles. The highest BCUT2D eigenvalue weighted by Gasteiger charge is 2.29. The topological polar surface area (TPSA) is 51.2 Å². The maximum absolute atomic E-state index is 14.2. The number of carbonyl (C=O) groups excluding carboxylic acids is 3. The van der Waals surface area contributed by atoms with Gasteiger partial charge >= 0.3 is 0 Å². The van der Waals surface area contributed by atoms with Gasteiger partial charge in [0.05, 0.1) is 0 Å². The summed E-state index contributed by atoms with van der Waals surface area (Å²) in [5.74, 6) is -0.716. The molecule has 0 aliphatic heterocycles. The van der Waals surface area contributed by atoms with Crippen LogP contribution in [0.3, 0.4) is 0 Å². The van der Waals surface area contributed by atoms with Crippen LogP contribution in [0.15, 0.2) is 201 Å². The van der Waals surface area contributed by atoms with Gasteiger partial charge in [-0.3, -0.25) is 14.4 Å². The molecule has 0 heterocycles. The molecular formula is C79H114O3. The lowest BCUT2D eigenvalue weighted by atomic mass is 9.72. The number of Topliss-reactive ketones (excluding diaryl/α,β-unsaturated/α-hetero) is 2. The molecule has 0 fully saturated rings. The van der Waals surface area contributed by atoms with Crippen LogP contribution in [-0.2, 0) is 14.4 Å². The summed E-state index contributed by atoms with van der Waals surface area (Å²) in [6, 6.07) is 0. The van der Waals surface area contributed by atoms with E-state index in [0.29, 0.717) is 12.8 Å². The fraction of sp³-hybridized carbons (Fsp3) is 0.532. The largest absolute Gasteiger partial charge is 0.300 e. The van der Waals surface area contributed by atoms with Crippen LogP contribution >= 0.6 is 0 Å². The van der Waals surface area contributed by atoms with Gasteiger partial charge in [-0.15, -0.1) is 0 Å². The maximum atomic E-state index is 14.2. The van der Waals surface area contributed by atoms with E-state index in [1.54, 1.807) is 13.0 Å². The Balaban J connectivity index is 1.60. The fourth-order valence-electron chi connectivity index (χ4n) is 12.5.